The monoisotopic (exact) mass is 468 g/mol. The molecule has 0 bridgehead atoms. The maximum Gasteiger partial charge on any atom is 0.262 e. The molecule has 0 aromatic heterocycles. The van der Waals surface area contributed by atoms with E-state index in [1.807, 2.05) is 13.0 Å². The molecule has 2 aromatic carbocycles. The minimum absolute atomic E-state index is 0.0757. The number of benzene rings is 2. The fraction of sp³-hybridized carbons (Fsp3) is 0.350. The normalized spacial score (nSPS) is 18.1. The Morgan fingerprint density at radius 3 is 2.57 bits per heavy atom. The van der Waals surface area contributed by atoms with E-state index in [0.717, 1.165) is 5.56 Å². The third-order valence-electron chi connectivity index (χ3n) is 4.67. The summed E-state index contributed by atoms with van der Waals surface area (Å²) in [4.78, 5) is 12.3. The molecular weight excluding hydrogens is 444 g/mol. The van der Waals surface area contributed by atoms with Gasteiger partial charge in [-0.15, -0.1) is 11.8 Å². The summed E-state index contributed by atoms with van der Waals surface area (Å²) in [5, 5.41) is 2.62. The highest BCUT2D eigenvalue weighted by molar-refractivity contribution is 8.02. The average molecular weight is 469 g/mol. The van der Waals surface area contributed by atoms with Gasteiger partial charge in [-0.25, -0.2) is 16.8 Å². The van der Waals surface area contributed by atoms with Crippen molar-refractivity contribution in [2.75, 3.05) is 27.3 Å². The molecule has 2 aromatic rings. The van der Waals surface area contributed by atoms with Crippen molar-refractivity contribution in [3.8, 4) is 0 Å². The Bertz CT molecular complexity index is 1160. The van der Waals surface area contributed by atoms with Crippen molar-refractivity contribution in [2.45, 2.75) is 30.4 Å². The van der Waals surface area contributed by atoms with Crippen LogP contribution in [-0.2, 0) is 24.7 Å². The van der Waals surface area contributed by atoms with Crippen LogP contribution in [0, 0.1) is 13.8 Å². The summed E-state index contributed by atoms with van der Waals surface area (Å²) < 4.78 is 51.3. The SMILES string of the molecule is Cc1cccc(NS(=O)(=O)c2cc(NC(=O)CSC3CCS(=O)(=O)C3)ccc2C)c1. The number of anilines is 2. The second-order valence-electron chi connectivity index (χ2n) is 7.34. The van der Waals surface area contributed by atoms with Gasteiger partial charge in [0.2, 0.25) is 5.91 Å². The fourth-order valence-electron chi connectivity index (χ4n) is 3.17. The van der Waals surface area contributed by atoms with E-state index < -0.39 is 19.9 Å². The first-order chi connectivity index (χ1) is 14.0. The van der Waals surface area contributed by atoms with Gasteiger partial charge in [-0.2, -0.15) is 0 Å². The van der Waals surface area contributed by atoms with Gasteiger partial charge >= 0.3 is 0 Å². The molecule has 1 atom stereocenters. The zero-order chi connectivity index (χ0) is 21.9. The molecule has 0 aliphatic carbocycles. The number of nitrogens with one attached hydrogen (secondary N) is 2. The van der Waals surface area contributed by atoms with Crippen molar-refractivity contribution in [1.82, 2.24) is 0 Å². The molecule has 0 radical (unpaired) electrons. The number of rotatable bonds is 7. The van der Waals surface area contributed by atoms with Gasteiger partial charge in [0.15, 0.2) is 9.84 Å². The highest BCUT2D eigenvalue weighted by atomic mass is 32.2. The lowest BCUT2D eigenvalue weighted by molar-refractivity contribution is -0.113. The molecule has 162 valence electrons. The number of carbonyl (C=O) groups excluding carboxylic acids is 1. The Kier molecular flexibility index (Phi) is 6.78. The van der Waals surface area contributed by atoms with Crippen LogP contribution in [-0.4, -0.2) is 45.3 Å². The highest BCUT2D eigenvalue weighted by Gasteiger charge is 2.28. The van der Waals surface area contributed by atoms with Gasteiger partial charge in [0.05, 0.1) is 22.2 Å². The molecule has 1 heterocycles. The van der Waals surface area contributed by atoms with E-state index in [2.05, 4.69) is 10.0 Å². The van der Waals surface area contributed by atoms with Crippen LogP contribution in [0.1, 0.15) is 17.5 Å². The Hall–Kier alpha value is -2.04. The molecule has 1 unspecified atom stereocenters. The molecule has 7 nitrogen and oxygen atoms in total. The zero-order valence-corrected chi connectivity index (χ0v) is 19.2. The molecule has 1 aliphatic heterocycles. The van der Waals surface area contributed by atoms with Crippen molar-refractivity contribution in [3.63, 3.8) is 0 Å². The van der Waals surface area contributed by atoms with Crippen LogP contribution in [0.2, 0.25) is 0 Å². The topological polar surface area (TPSA) is 109 Å². The van der Waals surface area contributed by atoms with E-state index in [4.69, 9.17) is 0 Å². The molecule has 1 fully saturated rings. The van der Waals surface area contributed by atoms with Gasteiger partial charge in [-0.3, -0.25) is 9.52 Å². The van der Waals surface area contributed by atoms with Crippen LogP contribution in [0.5, 0.6) is 0 Å². The molecular formula is C20H24N2O5S3. The Labute approximate surface area is 181 Å². The van der Waals surface area contributed by atoms with Gasteiger partial charge in [0.25, 0.3) is 10.0 Å². The molecule has 1 amide bonds. The lowest BCUT2D eigenvalue weighted by atomic mass is 10.2. The number of carbonyl (C=O) groups is 1. The minimum atomic E-state index is -3.83. The van der Waals surface area contributed by atoms with E-state index in [1.54, 1.807) is 37.3 Å². The summed E-state index contributed by atoms with van der Waals surface area (Å²) in [5.74, 6) is 0.0720. The summed E-state index contributed by atoms with van der Waals surface area (Å²) in [7, 11) is -6.81. The Morgan fingerprint density at radius 1 is 1.13 bits per heavy atom. The number of amides is 1. The van der Waals surface area contributed by atoms with Crippen LogP contribution in [0.15, 0.2) is 47.4 Å². The summed E-state index contributed by atoms with van der Waals surface area (Å²) in [6.45, 7) is 3.56. The summed E-state index contributed by atoms with van der Waals surface area (Å²) >= 11 is 1.31. The van der Waals surface area contributed by atoms with Crippen molar-refractivity contribution in [2.24, 2.45) is 0 Å². The quantitative estimate of drug-likeness (QED) is 0.647. The standard InChI is InChI=1S/C20H24N2O5S3/c1-14-4-3-5-17(10-14)22-30(26,27)19-11-16(7-6-15(19)2)21-20(23)12-28-18-8-9-29(24,25)13-18/h3-7,10-11,18,22H,8-9,12-13H2,1-2H3,(H,21,23). The van der Waals surface area contributed by atoms with Gasteiger partial charge in [-0.1, -0.05) is 18.2 Å². The molecule has 1 saturated heterocycles. The molecule has 2 N–H and O–H groups in total. The number of sulfonamides is 1. The Morgan fingerprint density at radius 2 is 1.90 bits per heavy atom. The predicted molar refractivity (Wildman–Crippen MR) is 121 cm³/mol. The van der Waals surface area contributed by atoms with Crippen molar-refractivity contribution in [3.05, 3.63) is 53.6 Å². The molecule has 0 spiro atoms. The van der Waals surface area contributed by atoms with Crippen LogP contribution in [0.3, 0.4) is 0 Å². The second kappa shape index (κ2) is 8.99. The van der Waals surface area contributed by atoms with Crippen molar-refractivity contribution >= 4 is 48.9 Å². The number of aryl methyl sites for hydroxylation is 2. The second-order valence-corrected chi connectivity index (χ2v) is 12.5. The first kappa shape index (κ1) is 22.6. The van der Waals surface area contributed by atoms with E-state index in [1.165, 1.54) is 17.8 Å². The van der Waals surface area contributed by atoms with Crippen molar-refractivity contribution in [1.29, 1.82) is 0 Å². The summed E-state index contributed by atoms with van der Waals surface area (Å²) in [6, 6.07) is 11.8. The van der Waals surface area contributed by atoms with E-state index in [-0.39, 0.29) is 33.3 Å². The number of hydrogen-bond donors (Lipinski definition) is 2. The minimum Gasteiger partial charge on any atom is -0.325 e. The maximum atomic E-state index is 12.8. The van der Waals surface area contributed by atoms with Crippen LogP contribution < -0.4 is 10.0 Å². The third kappa shape index (κ3) is 5.99. The first-order valence-corrected chi connectivity index (χ1v) is 13.7. The molecule has 3 rings (SSSR count). The van der Waals surface area contributed by atoms with Gasteiger partial charge in [-0.05, 0) is 55.7 Å². The van der Waals surface area contributed by atoms with E-state index in [9.17, 15) is 21.6 Å². The first-order valence-electron chi connectivity index (χ1n) is 9.36. The molecule has 10 heteroatoms. The summed E-state index contributed by atoms with van der Waals surface area (Å²) in [6.07, 6.45) is 0.553. The van der Waals surface area contributed by atoms with E-state index in [0.29, 0.717) is 23.4 Å². The molecule has 1 aliphatic rings. The van der Waals surface area contributed by atoms with Crippen LogP contribution in [0.25, 0.3) is 0 Å². The molecule has 0 saturated carbocycles. The Balaban J connectivity index is 1.67. The van der Waals surface area contributed by atoms with Crippen molar-refractivity contribution < 1.29 is 21.6 Å². The fourth-order valence-corrected chi connectivity index (χ4v) is 7.93. The lowest BCUT2D eigenvalue weighted by Crippen LogP contribution is -2.18. The number of thioether (sulfide) groups is 1. The molecule has 30 heavy (non-hydrogen) atoms. The largest absolute Gasteiger partial charge is 0.325 e. The summed E-state index contributed by atoms with van der Waals surface area (Å²) in [5.41, 5.74) is 2.32. The zero-order valence-electron chi connectivity index (χ0n) is 16.7. The lowest BCUT2D eigenvalue weighted by Gasteiger charge is -2.13. The number of sulfone groups is 1. The number of hydrogen-bond acceptors (Lipinski definition) is 6. The third-order valence-corrected chi connectivity index (χ3v) is 9.48. The van der Waals surface area contributed by atoms with Gasteiger partial charge in [0.1, 0.15) is 0 Å². The van der Waals surface area contributed by atoms with Gasteiger partial charge < -0.3 is 5.32 Å². The van der Waals surface area contributed by atoms with Crippen LogP contribution >= 0.6 is 11.8 Å². The van der Waals surface area contributed by atoms with Gasteiger partial charge in [0, 0.05) is 16.6 Å². The maximum absolute atomic E-state index is 12.8. The smallest absolute Gasteiger partial charge is 0.262 e. The average Bonchev–Trinajstić information content (AvgIpc) is 3.00. The van der Waals surface area contributed by atoms with E-state index >= 15 is 0 Å². The predicted octanol–water partition coefficient (Wildman–Crippen LogP) is 2.96. The van der Waals surface area contributed by atoms with Crippen LogP contribution in [0.4, 0.5) is 11.4 Å². The highest BCUT2D eigenvalue weighted by Crippen LogP contribution is 2.26.